The van der Waals surface area contributed by atoms with E-state index in [1.807, 2.05) is 6.08 Å². The molecule has 1 aromatic heterocycles. The summed E-state index contributed by atoms with van der Waals surface area (Å²) < 4.78 is 26.7. The third-order valence-electron chi connectivity index (χ3n) is 4.13. The minimum absolute atomic E-state index is 0.0621. The molecule has 0 radical (unpaired) electrons. The molecular formula is C14H16N2O3S. The predicted octanol–water partition coefficient (Wildman–Crippen LogP) is 1.41. The largest absolute Gasteiger partial charge is 0.274 e. The Labute approximate surface area is 118 Å². The number of amides is 1. The number of fused-ring (bicyclic) bond motifs is 2. The molecule has 3 unspecified atom stereocenters. The van der Waals surface area contributed by atoms with E-state index >= 15 is 0 Å². The molecular weight excluding hydrogens is 276 g/mol. The number of aryl methyl sites for hydroxylation is 1. The van der Waals surface area contributed by atoms with Crippen LogP contribution < -0.4 is 4.72 Å². The van der Waals surface area contributed by atoms with Crippen LogP contribution in [0.3, 0.4) is 0 Å². The van der Waals surface area contributed by atoms with Crippen molar-refractivity contribution in [1.82, 2.24) is 9.71 Å². The number of carbonyl (C=O) groups is 1. The lowest BCUT2D eigenvalue weighted by Crippen LogP contribution is -2.37. The first-order chi connectivity index (χ1) is 9.47. The summed E-state index contributed by atoms with van der Waals surface area (Å²) in [6.45, 7) is 1.68. The maximum absolute atomic E-state index is 12.2. The van der Waals surface area contributed by atoms with Gasteiger partial charge < -0.3 is 0 Å². The van der Waals surface area contributed by atoms with Crippen molar-refractivity contribution in [3.63, 3.8) is 0 Å². The lowest BCUT2D eigenvalue weighted by Gasteiger charge is -2.17. The molecule has 3 rings (SSSR count). The van der Waals surface area contributed by atoms with E-state index in [1.54, 1.807) is 13.0 Å². The van der Waals surface area contributed by atoms with E-state index in [4.69, 9.17) is 0 Å². The maximum Gasteiger partial charge on any atom is 0.265 e. The number of nitrogens with one attached hydrogen (secondary N) is 1. The molecule has 1 saturated carbocycles. The van der Waals surface area contributed by atoms with E-state index in [0.717, 1.165) is 12.8 Å². The molecule has 1 heterocycles. The topological polar surface area (TPSA) is 76.1 Å². The average Bonchev–Trinajstić information content (AvgIpc) is 3.00. The number of rotatable bonds is 3. The Hall–Kier alpha value is -1.69. The molecule has 1 aromatic rings. The van der Waals surface area contributed by atoms with E-state index in [2.05, 4.69) is 15.8 Å². The average molecular weight is 292 g/mol. The van der Waals surface area contributed by atoms with Gasteiger partial charge in [0.2, 0.25) is 5.91 Å². The van der Waals surface area contributed by atoms with Crippen molar-refractivity contribution in [2.24, 2.45) is 17.8 Å². The molecule has 0 aromatic carbocycles. The predicted molar refractivity (Wildman–Crippen MR) is 73.1 cm³/mol. The molecule has 0 saturated heterocycles. The van der Waals surface area contributed by atoms with Crippen molar-refractivity contribution in [3.05, 3.63) is 36.2 Å². The first-order valence-electron chi connectivity index (χ1n) is 6.63. The highest BCUT2D eigenvalue weighted by atomic mass is 32.2. The highest BCUT2D eigenvalue weighted by molar-refractivity contribution is 7.90. The summed E-state index contributed by atoms with van der Waals surface area (Å²) in [6, 6.07) is 1.61. The van der Waals surface area contributed by atoms with Gasteiger partial charge in [0.1, 0.15) is 4.90 Å². The van der Waals surface area contributed by atoms with Crippen LogP contribution in [0.15, 0.2) is 35.5 Å². The van der Waals surface area contributed by atoms with Crippen molar-refractivity contribution >= 4 is 15.9 Å². The van der Waals surface area contributed by atoms with Crippen LogP contribution in [0.25, 0.3) is 0 Å². The van der Waals surface area contributed by atoms with Gasteiger partial charge in [0, 0.05) is 18.3 Å². The zero-order valence-corrected chi connectivity index (χ0v) is 11.9. The van der Waals surface area contributed by atoms with Crippen LogP contribution in [0.2, 0.25) is 0 Å². The fourth-order valence-electron chi connectivity index (χ4n) is 3.08. The molecule has 20 heavy (non-hydrogen) atoms. The number of hydrogen-bond donors (Lipinski definition) is 1. The Morgan fingerprint density at radius 2 is 2.15 bits per heavy atom. The Bertz CT molecular complexity index is 681. The summed E-state index contributed by atoms with van der Waals surface area (Å²) in [5, 5.41) is 0. The van der Waals surface area contributed by atoms with Crippen LogP contribution in [-0.4, -0.2) is 19.3 Å². The summed E-state index contributed by atoms with van der Waals surface area (Å²) in [5.74, 6) is -0.00867. The van der Waals surface area contributed by atoms with E-state index in [0.29, 0.717) is 11.5 Å². The van der Waals surface area contributed by atoms with Crippen molar-refractivity contribution < 1.29 is 13.2 Å². The summed E-state index contributed by atoms with van der Waals surface area (Å²) in [4.78, 5) is 16.1. The fraction of sp³-hybridized carbons (Fsp3) is 0.429. The Balaban J connectivity index is 1.79. The SMILES string of the molecule is Cc1ccncc1S(=O)(=O)NC(=O)C1CC2C=CC1C2. The lowest BCUT2D eigenvalue weighted by molar-refractivity contribution is -0.123. The molecule has 2 bridgehead atoms. The van der Waals surface area contributed by atoms with Crippen molar-refractivity contribution in [1.29, 1.82) is 0 Å². The summed E-state index contributed by atoms with van der Waals surface area (Å²) in [7, 11) is -3.83. The van der Waals surface area contributed by atoms with Crippen LogP contribution in [0.5, 0.6) is 0 Å². The first kappa shape index (κ1) is 13.3. The van der Waals surface area contributed by atoms with E-state index < -0.39 is 15.9 Å². The molecule has 0 spiro atoms. The van der Waals surface area contributed by atoms with Gasteiger partial charge in [-0.15, -0.1) is 0 Å². The van der Waals surface area contributed by atoms with Crippen LogP contribution >= 0.6 is 0 Å². The van der Waals surface area contributed by atoms with Gasteiger partial charge in [-0.25, -0.2) is 13.1 Å². The number of hydrogen-bond acceptors (Lipinski definition) is 4. The molecule has 0 aliphatic heterocycles. The summed E-state index contributed by atoms with van der Waals surface area (Å²) >= 11 is 0. The highest BCUT2D eigenvalue weighted by Crippen LogP contribution is 2.43. The number of carbonyl (C=O) groups excluding carboxylic acids is 1. The molecule has 106 valence electrons. The molecule has 3 atom stereocenters. The van der Waals surface area contributed by atoms with Gasteiger partial charge in [-0.2, -0.15) is 0 Å². The van der Waals surface area contributed by atoms with Crippen LogP contribution in [0, 0.1) is 24.7 Å². The second-order valence-corrected chi connectivity index (χ2v) is 7.15. The number of aromatic nitrogens is 1. The van der Waals surface area contributed by atoms with Crippen molar-refractivity contribution in [2.45, 2.75) is 24.7 Å². The van der Waals surface area contributed by atoms with Gasteiger partial charge in [0.15, 0.2) is 0 Å². The normalized spacial score (nSPS) is 27.8. The van der Waals surface area contributed by atoms with Gasteiger partial charge in [0.05, 0.1) is 0 Å². The Morgan fingerprint density at radius 3 is 2.75 bits per heavy atom. The quantitative estimate of drug-likeness (QED) is 0.855. The van der Waals surface area contributed by atoms with Crippen molar-refractivity contribution in [3.8, 4) is 0 Å². The van der Waals surface area contributed by atoms with Crippen LogP contribution in [0.4, 0.5) is 0 Å². The lowest BCUT2D eigenvalue weighted by atomic mass is 9.93. The molecule has 5 nitrogen and oxygen atoms in total. The molecule has 1 fully saturated rings. The third kappa shape index (κ3) is 2.24. The molecule has 2 aliphatic rings. The fourth-order valence-corrected chi connectivity index (χ4v) is 4.29. The zero-order chi connectivity index (χ0) is 14.3. The molecule has 6 heteroatoms. The minimum atomic E-state index is -3.83. The number of nitrogens with zero attached hydrogens (tertiary/aromatic N) is 1. The molecule has 2 aliphatic carbocycles. The second-order valence-electron chi connectivity index (χ2n) is 5.50. The smallest absolute Gasteiger partial charge is 0.265 e. The van der Waals surface area contributed by atoms with Gasteiger partial charge >= 0.3 is 0 Å². The van der Waals surface area contributed by atoms with E-state index in [9.17, 15) is 13.2 Å². The van der Waals surface area contributed by atoms with E-state index in [-0.39, 0.29) is 16.7 Å². The monoisotopic (exact) mass is 292 g/mol. The minimum Gasteiger partial charge on any atom is -0.274 e. The number of pyridine rings is 1. The first-order valence-corrected chi connectivity index (χ1v) is 8.11. The summed E-state index contributed by atoms with van der Waals surface area (Å²) in [6.07, 6.45) is 8.65. The van der Waals surface area contributed by atoms with Gasteiger partial charge in [-0.05, 0) is 43.2 Å². The summed E-state index contributed by atoms with van der Waals surface area (Å²) in [5.41, 5.74) is 0.577. The van der Waals surface area contributed by atoms with Crippen LogP contribution in [-0.2, 0) is 14.8 Å². The number of allylic oxidation sites excluding steroid dienone is 2. The van der Waals surface area contributed by atoms with Gasteiger partial charge in [-0.1, -0.05) is 12.2 Å². The number of sulfonamides is 1. The second kappa shape index (κ2) is 4.70. The maximum atomic E-state index is 12.2. The molecule has 1 amide bonds. The van der Waals surface area contributed by atoms with E-state index in [1.165, 1.54) is 12.4 Å². The Morgan fingerprint density at radius 1 is 1.35 bits per heavy atom. The van der Waals surface area contributed by atoms with Crippen LogP contribution in [0.1, 0.15) is 18.4 Å². The zero-order valence-electron chi connectivity index (χ0n) is 11.1. The van der Waals surface area contributed by atoms with Crippen molar-refractivity contribution in [2.75, 3.05) is 0 Å². The van der Waals surface area contributed by atoms with Gasteiger partial charge in [-0.3, -0.25) is 9.78 Å². The third-order valence-corrected chi connectivity index (χ3v) is 5.61. The highest BCUT2D eigenvalue weighted by Gasteiger charge is 2.41. The van der Waals surface area contributed by atoms with Gasteiger partial charge in [0.25, 0.3) is 10.0 Å². The Kier molecular flexibility index (Phi) is 3.12. The standard InChI is InChI=1S/C14H16N2O3S/c1-9-4-5-15-8-13(9)20(18,19)16-14(17)12-7-10-2-3-11(12)6-10/h2-5,8,10-12H,6-7H2,1H3,(H,16,17). The molecule has 1 N–H and O–H groups in total.